The lowest BCUT2D eigenvalue weighted by atomic mass is 9.97. The van der Waals surface area contributed by atoms with Gasteiger partial charge < -0.3 is 10.6 Å². The Labute approximate surface area is 90.6 Å². The number of carbonyl (C=O) groups excluding carboxylic acids is 1. The molecule has 0 spiro atoms. The third-order valence-electron chi connectivity index (χ3n) is 2.67. The largest absolute Gasteiger partial charge is 0.350 e. The Hall–Kier alpha value is -0.850. The van der Waals surface area contributed by atoms with Gasteiger partial charge in [0.2, 0.25) is 5.91 Å². The molecule has 1 rings (SSSR count). The highest BCUT2D eigenvalue weighted by Gasteiger charge is 2.41. The molecule has 0 saturated carbocycles. The van der Waals surface area contributed by atoms with E-state index in [1.807, 2.05) is 5.32 Å². The lowest BCUT2D eigenvalue weighted by Gasteiger charge is -2.18. The van der Waals surface area contributed by atoms with Crippen LogP contribution in [0.1, 0.15) is 6.92 Å². The summed E-state index contributed by atoms with van der Waals surface area (Å²) in [7, 11) is 0. The van der Waals surface area contributed by atoms with Crippen LogP contribution in [0.15, 0.2) is 0 Å². The van der Waals surface area contributed by atoms with Crippen molar-refractivity contribution in [2.45, 2.75) is 19.3 Å². The average molecular weight is 242 g/mol. The molecule has 2 N–H and O–H groups in total. The first-order chi connectivity index (χ1) is 7.34. The minimum atomic E-state index is -4.16. The van der Waals surface area contributed by atoms with Crippen molar-refractivity contribution in [2.75, 3.05) is 19.6 Å². The molecule has 1 heterocycles. The first-order valence-corrected chi connectivity index (χ1v) is 4.99. The molecule has 1 aliphatic heterocycles. The highest BCUT2D eigenvalue weighted by molar-refractivity contribution is 5.79. The summed E-state index contributed by atoms with van der Waals surface area (Å²) >= 11 is 0. The monoisotopic (exact) mass is 242 g/mol. The predicted octanol–water partition coefficient (Wildman–Crippen LogP) is 0.858. The Bertz CT molecular complexity index is 260. The van der Waals surface area contributed by atoms with E-state index < -0.39 is 30.7 Å². The normalized spacial score (nSPS) is 26.1. The molecule has 0 bridgehead atoms. The van der Waals surface area contributed by atoms with E-state index in [0.717, 1.165) is 0 Å². The van der Waals surface area contributed by atoms with Gasteiger partial charge in [0.05, 0.1) is 12.5 Å². The maximum atomic E-state index is 12.5. The van der Waals surface area contributed by atoms with Crippen LogP contribution >= 0.6 is 0 Å². The van der Waals surface area contributed by atoms with Gasteiger partial charge in [0.1, 0.15) is 0 Å². The lowest BCUT2D eigenvalue weighted by Crippen LogP contribution is -2.44. The number of alkyl halides is 4. The Balaban J connectivity index is 2.41. The molecule has 3 nitrogen and oxygen atoms in total. The van der Waals surface area contributed by atoms with Gasteiger partial charge in [0.15, 0.2) is 0 Å². The maximum Gasteiger partial charge on any atom is 0.324 e. The van der Waals surface area contributed by atoms with Crippen LogP contribution in [-0.2, 0) is 4.79 Å². The molecule has 1 saturated heterocycles. The van der Waals surface area contributed by atoms with Crippen LogP contribution in [0, 0.1) is 11.8 Å². The molecule has 2 atom stereocenters. The zero-order valence-electron chi connectivity index (χ0n) is 8.77. The van der Waals surface area contributed by atoms with Crippen molar-refractivity contribution >= 4 is 5.91 Å². The van der Waals surface area contributed by atoms with Crippen LogP contribution in [0.4, 0.5) is 17.6 Å². The molecule has 7 heteroatoms. The van der Waals surface area contributed by atoms with E-state index in [-0.39, 0.29) is 5.92 Å². The topological polar surface area (TPSA) is 41.1 Å². The van der Waals surface area contributed by atoms with Crippen LogP contribution in [-0.4, -0.2) is 37.9 Å². The van der Waals surface area contributed by atoms with Gasteiger partial charge in [0.25, 0.3) is 0 Å². The molecule has 16 heavy (non-hydrogen) atoms. The van der Waals surface area contributed by atoms with Gasteiger partial charge in [-0.3, -0.25) is 4.79 Å². The fraction of sp³-hybridized carbons (Fsp3) is 0.889. The first kappa shape index (κ1) is 13.2. The number of hydrogen-bond acceptors (Lipinski definition) is 2. The van der Waals surface area contributed by atoms with E-state index in [9.17, 15) is 22.4 Å². The quantitative estimate of drug-likeness (QED) is 0.718. The number of amides is 1. The SMILES string of the molecule is C[C@@H]1CNC[C@H]1C(=O)NCC(F)(F)C(F)F. The van der Waals surface area contributed by atoms with Crippen molar-refractivity contribution in [3.05, 3.63) is 0 Å². The van der Waals surface area contributed by atoms with Crippen molar-refractivity contribution in [3.63, 3.8) is 0 Å². The van der Waals surface area contributed by atoms with Gasteiger partial charge >= 0.3 is 12.3 Å². The molecule has 1 amide bonds. The molecule has 0 unspecified atom stereocenters. The fourth-order valence-corrected chi connectivity index (χ4v) is 1.57. The third kappa shape index (κ3) is 3.07. The summed E-state index contributed by atoms with van der Waals surface area (Å²) in [6, 6.07) is 0. The van der Waals surface area contributed by atoms with E-state index in [2.05, 4.69) is 5.32 Å². The molecular weight excluding hydrogens is 228 g/mol. The van der Waals surface area contributed by atoms with Crippen molar-refractivity contribution < 1.29 is 22.4 Å². The third-order valence-corrected chi connectivity index (χ3v) is 2.67. The van der Waals surface area contributed by atoms with Crippen LogP contribution in [0.5, 0.6) is 0 Å². The van der Waals surface area contributed by atoms with Gasteiger partial charge in [-0.25, -0.2) is 8.78 Å². The van der Waals surface area contributed by atoms with Gasteiger partial charge in [-0.2, -0.15) is 8.78 Å². The predicted molar refractivity (Wildman–Crippen MR) is 49.5 cm³/mol. The van der Waals surface area contributed by atoms with Crippen LogP contribution in [0.25, 0.3) is 0 Å². The smallest absolute Gasteiger partial charge is 0.324 e. The van der Waals surface area contributed by atoms with Crippen molar-refractivity contribution in [3.8, 4) is 0 Å². The maximum absolute atomic E-state index is 12.5. The second kappa shape index (κ2) is 4.99. The number of hydrogen-bond donors (Lipinski definition) is 2. The molecule has 0 radical (unpaired) electrons. The highest BCUT2D eigenvalue weighted by atomic mass is 19.3. The van der Waals surface area contributed by atoms with Crippen LogP contribution in [0.3, 0.4) is 0 Å². The Morgan fingerprint density at radius 3 is 2.56 bits per heavy atom. The number of halogens is 4. The highest BCUT2D eigenvalue weighted by Crippen LogP contribution is 2.22. The lowest BCUT2D eigenvalue weighted by molar-refractivity contribution is -0.139. The molecule has 0 aromatic carbocycles. The average Bonchev–Trinajstić information content (AvgIpc) is 2.61. The molecule has 0 aliphatic carbocycles. The van der Waals surface area contributed by atoms with Gasteiger partial charge in [-0.15, -0.1) is 0 Å². The van der Waals surface area contributed by atoms with E-state index in [4.69, 9.17) is 0 Å². The molecule has 1 aliphatic rings. The van der Waals surface area contributed by atoms with E-state index in [1.165, 1.54) is 0 Å². The summed E-state index contributed by atoms with van der Waals surface area (Å²) in [5.41, 5.74) is 0. The molecule has 1 fully saturated rings. The number of nitrogens with one attached hydrogen (secondary N) is 2. The first-order valence-electron chi connectivity index (χ1n) is 4.99. The summed E-state index contributed by atoms with van der Waals surface area (Å²) in [5, 5.41) is 4.79. The fourth-order valence-electron chi connectivity index (χ4n) is 1.57. The Kier molecular flexibility index (Phi) is 4.12. The number of rotatable bonds is 4. The number of carbonyl (C=O) groups is 1. The molecule has 94 valence electrons. The van der Waals surface area contributed by atoms with Crippen molar-refractivity contribution in [1.82, 2.24) is 10.6 Å². The van der Waals surface area contributed by atoms with E-state index in [1.54, 1.807) is 6.92 Å². The standard InChI is InChI=1S/C9H14F4N2O/c1-5-2-14-3-6(5)7(16)15-4-9(12,13)8(10)11/h5-6,8,14H,2-4H2,1H3,(H,15,16)/t5-,6-/m1/s1. The van der Waals surface area contributed by atoms with E-state index in [0.29, 0.717) is 13.1 Å². The molecular formula is C9H14F4N2O. The Morgan fingerprint density at radius 1 is 1.50 bits per heavy atom. The summed E-state index contributed by atoms with van der Waals surface area (Å²) < 4.78 is 48.6. The molecule has 0 aromatic heterocycles. The Morgan fingerprint density at radius 2 is 2.12 bits per heavy atom. The second-order valence-electron chi connectivity index (χ2n) is 4.02. The molecule has 0 aromatic rings. The summed E-state index contributed by atoms with van der Waals surface area (Å²) in [6.07, 6.45) is -3.76. The van der Waals surface area contributed by atoms with Crippen molar-refractivity contribution in [1.29, 1.82) is 0 Å². The van der Waals surface area contributed by atoms with Crippen LogP contribution < -0.4 is 10.6 Å². The second-order valence-corrected chi connectivity index (χ2v) is 4.02. The zero-order valence-corrected chi connectivity index (χ0v) is 8.77. The van der Waals surface area contributed by atoms with Crippen molar-refractivity contribution in [2.24, 2.45) is 11.8 Å². The minimum Gasteiger partial charge on any atom is -0.350 e. The van der Waals surface area contributed by atoms with Gasteiger partial charge in [-0.1, -0.05) is 6.92 Å². The summed E-state index contributed by atoms with van der Waals surface area (Å²) in [6.45, 7) is 1.51. The minimum absolute atomic E-state index is 0.0279. The van der Waals surface area contributed by atoms with Gasteiger partial charge in [0, 0.05) is 6.54 Å². The van der Waals surface area contributed by atoms with Gasteiger partial charge in [-0.05, 0) is 12.5 Å². The zero-order chi connectivity index (χ0) is 12.3. The van der Waals surface area contributed by atoms with Crippen LogP contribution in [0.2, 0.25) is 0 Å². The summed E-state index contributed by atoms with van der Waals surface area (Å²) in [4.78, 5) is 11.4. The van der Waals surface area contributed by atoms with E-state index >= 15 is 0 Å². The summed E-state index contributed by atoms with van der Waals surface area (Å²) in [5.74, 6) is -5.16.